The number of hydrogen-bond acceptors (Lipinski definition) is 16. The number of ether oxygens (including phenoxy) is 6. The van der Waals surface area contributed by atoms with Crippen LogP contribution in [-0.2, 0) is 63.9 Å². The molecule has 0 fully saturated rings. The average Bonchev–Trinajstić information content (AvgIpc) is 0.671. The number of Topliss-reactive ketones (excluding diaryl/α,β-unsaturated/α-hetero) is 2. The molecule has 0 aliphatic carbocycles. The Morgan fingerprint density at radius 2 is 0.655 bits per heavy atom. The van der Waals surface area contributed by atoms with Crippen molar-refractivity contribution in [2.45, 2.75) is 117 Å². The van der Waals surface area contributed by atoms with Gasteiger partial charge in [0.2, 0.25) is 11.8 Å². The third-order valence-electron chi connectivity index (χ3n) is 18.7. The predicted molar refractivity (Wildman–Crippen MR) is 397 cm³/mol. The first-order valence-corrected chi connectivity index (χ1v) is 35.3. The number of aryl methyl sites for hydroxylation is 2. The minimum atomic E-state index is -6.25. The van der Waals surface area contributed by atoms with Gasteiger partial charge in [-0.2, -0.15) is 39.5 Å². The zero-order valence-electron chi connectivity index (χ0n) is 61.3. The van der Waals surface area contributed by atoms with Crippen LogP contribution < -0.4 is 29.6 Å². The summed E-state index contributed by atoms with van der Waals surface area (Å²) in [6, 6.07) is 29.5. The molecule has 0 saturated heterocycles. The molecule has 29 heteroatoms. The van der Waals surface area contributed by atoms with Crippen molar-refractivity contribution in [3.8, 4) is 46.0 Å². The van der Waals surface area contributed by atoms with Gasteiger partial charge in [-0.15, -0.1) is 0 Å². The van der Waals surface area contributed by atoms with Crippen molar-refractivity contribution in [2.24, 2.45) is 0 Å². The van der Waals surface area contributed by atoms with Crippen molar-refractivity contribution in [2.75, 3.05) is 26.2 Å². The fourth-order valence-corrected chi connectivity index (χ4v) is 12.9. The highest BCUT2D eigenvalue weighted by molar-refractivity contribution is 6.45. The number of allylic oxidation sites excluding steroid dienone is 2. The molecule has 0 saturated carbocycles. The number of hydrogen-bond donors (Lipinski definition) is 2. The molecule has 1 unspecified atom stereocenters. The number of rotatable bonds is 32. The van der Waals surface area contributed by atoms with Crippen molar-refractivity contribution in [3.05, 3.63) is 214 Å². The number of benzene rings is 9. The second-order valence-corrected chi connectivity index (χ2v) is 27.4. The lowest BCUT2D eigenvalue weighted by Crippen LogP contribution is -2.49. The van der Waals surface area contributed by atoms with Gasteiger partial charge in [0, 0.05) is 80.2 Å². The summed E-state index contributed by atoms with van der Waals surface area (Å²) in [5, 5.41) is 3.89. The molecule has 0 radical (unpaired) electrons. The van der Waals surface area contributed by atoms with Crippen molar-refractivity contribution >= 4 is 102 Å². The molecule has 6 amide bonds. The van der Waals surface area contributed by atoms with Crippen molar-refractivity contribution < 1.29 is 116 Å². The number of fused-ring (bicyclic) bond motifs is 2. The van der Waals surface area contributed by atoms with E-state index in [9.17, 15) is 68.3 Å². The van der Waals surface area contributed by atoms with Crippen LogP contribution in [-0.4, -0.2) is 126 Å². The Morgan fingerprint density at radius 1 is 0.381 bits per heavy atom. The Kier molecular flexibility index (Phi) is 23.5. The summed E-state index contributed by atoms with van der Waals surface area (Å²) in [6.07, 6.45) is -22.7. The molecular formula is C84H71F9N4O16. The topological polar surface area (TPSA) is 257 Å². The van der Waals surface area contributed by atoms with E-state index in [2.05, 4.69) is 41.7 Å². The lowest BCUT2D eigenvalue weighted by atomic mass is 9.80. The minimum Gasteiger partial charge on any atom is -0.457 e. The zero-order chi connectivity index (χ0) is 82.0. The van der Waals surface area contributed by atoms with Crippen LogP contribution in [0.5, 0.6) is 46.0 Å². The molecular weight excluding hydrogens is 1490 g/mol. The van der Waals surface area contributed by atoms with Crippen LogP contribution in [0.15, 0.2) is 170 Å². The Balaban J connectivity index is 1.25. The molecule has 20 nitrogen and oxygen atoms in total. The number of nitrogens with zero attached hydrogens (tertiary/aromatic N) is 2. The van der Waals surface area contributed by atoms with Crippen LogP contribution >= 0.6 is 0 Å². The molecule has 11 rings (SSSR count). The van der Waals surface area contributed by atoms with Gasteiger partial charge in [0.15, 0.2) is 17.7 Å². The molecule has 0 aromatic heterocycles. The molecule has 9 aromatic rings. The van der Waals surface area contributed by atoms with Gasteiger partial charge >= 0.3 is 30.5 Å². The van der Waals surface area contributed by atoms with Crippen LogP contribution in [0.3, 0.4) is 0 Å². The highest BCUT2D eigenvalue weighted by Crippen LogP contribution is 2.58. The number of carbonyl (C=O) groups is 10. The summed E-state index contributed by atoms with van der Waals surface area (Å²) in [4.78, 5) is 140. The van der Waals surface area contributed by atoms with E-state index < -0.39 is 125 Å². The number of imide groups is 2. The number of ketones is 2. The first kappa shape index (κ1) is 81.3. The van der Waals surface area contributed by atoms with Crippen LogP contribution in [0.1, 0.15) is 124 Å². The maximum absolute atomic E-state index is 15.6. The van der Waals surface area contributed by atoms with Gasteiger partial charge in [-0.1, -0.05) is 74.8 Å². The lowest BCUT2D eigenvalue weighted by Gasteiger charge is -2.32. The number of alkyl halides is 9. The maximum atomic E-state index is 15.6. The van der Waals surface area contributed by atoms with E-state index >= 15 is 19.2 Å². The fraction of sp³-hybridized carbons (Fsp3) is 0.262. The molecule has 2 heterocycles. The molecule has 0 spiro atoms. The standard InChI is InChI=1S/C84H71F9N4O16/c1-42(2)59(98)14-10-12-47-16-24-51(25-17-47)109-61-38-57-68-58(80(107)97(79(57)106)41-66(101)113-81(83(88,89)90)84(91,92)93)39-62(110-52-26-18-48(19-27-52)13-11-15-60(99)43(3)4)70-72-64(112-54-30-22-50(23-31-54)33-35-95-76(103)45(7)8)37-56-67-55(77(104)96(78(56)105)40-65(100)108-46(9)82(85,86)87)36-63(71(73(67)72)69(61)74(68)70)111-53-28-20-49(21-29-53)32-34-94-75(102)44(5)6/h16-31,36-39,46,81H,1,3,5,7,10-15,32-35,40-41H2,2,4,6,8-9H3,(H,94,102)(H,95,103). The largest absolute Gasteiger partial charge is 0.457 e. The van der Waals surface area contributed by atoms with Crippen LogP contribution in [0.25, 0.3) is 43.1 Å². The Bertz CT molecular complexity index is 5140. The zero-order valence-corrected chi connectivity index (χ0v) is 61.3. The normalized spacial score (nSPS) is 13.2. The van der Waals surface area contributed by atoms with E-state index in [1.807, 2.05) is 0 Å². The van der Waals surface area contributed by atoms with E-state index in [0.717, 1.165) is 24.3 Å². The van der Waals surface area contributed by atoms with E-state index in [0.29, 0.717) is 70.9 Å². The maximum Gasteiger partial charge on any atom is 0.434 e. The van der Waals surface area contributed by atoms with E-state index in [1.54, 1.807) is 62.4 Å². The van der Waals surface area contributed by atoms with Crippen molar-refractivity contribution in [1.82, 2.24) is 20.4 Å². The number of esters is 2. The van der Waals surface area contributed by atoms with E-state index in [1.165, 1.54) is 62.4 Å². The van der Waals surface area contributed by atoms with Crippen LogP contribution in [0.4, 0.5) is 39.5 Å². The molecule has 2 N–H and O–H groups in total. The predicted octanol–water partition coefficient (Wildman–Crippen LogP) is 17.0. The summed E-state index contributed by atoms with van der Waals surface area (Å²) < 4.78 is 163. The summed E-state index contributed by atoms with van der Waals surface area (Å²) in [5.74, 6) is -12.3. The number of halogens is 9. The Morgan fingerprint density at radius 3 is 0.912 bits per heavy atom. The van der Waals surface area contributed by atoms with Crippen molar-refractivity contribution in [1.29, 1.82) is 0 Å². The minimum absolute atomic E-state index is 0.00511. The van der Waals surface area contributed by atoms with Gasteiger partial charge in [-0.3, -0.25) is 57.7 Å². The second-order valence-electron chi connectivity index (χ2n) is 27.4. The van der Waals surface area contributed by atoms with Gasteiger partial charge in [0.1, 0.15) is 59.1 Å². The summed E-state index contributed by atoms with van der Waals surface area (Å²) in [7, 11) is 0. The third-order valence-corrected chi connectivity index (χ3v) is 18.7. The average molecular weight is 1560 g/mol. The monoisotopic (exact) mass is 1560 g/mol. The smallest absolute Gasteiger partial charge is 0.434 e. The summed E-state index contributed by atoms with van der Waals surface area (Å²) in [6.45, 7) is 18.5. The highest BCUT2D eigenvalue weighted by atomic mass is 19.4. The molecule has 586 valence electrons. The summed E-state index contributed by atoms with van der Waals surface area (Å²) in [5.41, 5.74) is 1.76. The Hall–Kier alpha value is -12.7. The van der Waals surface area contributed by atoms with Crippen molar-refractivity contribution in [3.63, 3.8) is 0 Å². The quantitative estimate of drug-likeness (QED) is 0.00992. The SMILES string of the molecule is C=C(C)C(=O)CCCc1ccc(Oc2cc3c4c(cc(Oc5ccc(CCCC(=O)C(=C)C)cc5)c5c6c(Oc7ccc(CCNC(=O)C(=C)C)cc7)cc7c8c(cc(Oc9ccc(CCNC(=O)C(=C)C)cc9)c(c2c45)c86)C(=O)N(CC(=O)OC(C)C(F)(F)F)C7=O)C(=O)N(CC(=O)OC(C(F)(F)F)C(F)(F)F)C3=O)cc1. The van der Waals surface area contributed by atoms with Gasteiger partial charge in [-0.05, 0) is 179 Å². The third kappa shape index (κ3) is 17.9. The highest BCUT2D eigenvalue weighted by Gasteiger charge is 2.60. The molecule has 0 bridgehead atoms. The molecule has 113 heavy (non-hydrogen) atoms. The number of nitrogens with one attached hydrogen (secondary N) is 2. The number of amides is 6. The fourth-order valence-electron chi connectivity index (χ4n) is 12.9. The van der Waals surface area contributed by atoms with Gasteiger partial charge in [-0.25, -0.2) is 0 Å². The van der Waals surface area contributed by atoms with Gasteiger partial charge in [0.25, 0.3) is 29.7 Å². The van der Waals surface area contributed by atoms with Crippen LogP contribution in [0, 0.1) is 0 Å². The lowest BCUT2D eigenvalue weighted by molar-refractivity contribution is -0.313. The van der Waals surface area contributed by atoms with E-state index in [-0.39, 0.29) is 144 Å². The van der Waals surface area contributed by atoms with E-state index in [4.69, 9.17) is 23.7 Å². The molecule has 2 aliphatic heterocycles. The summed E-state index contributed by atoms with van der Waals surface area (Å²) >= 11 is 0. The number of carbonyl (C=O) groups excluding carboxylic acids is 10. The first-order valence-electron chi connectivity index (χ1n) is 35.3. The van der Waals surface area contributed by atoms with Gasteiger partial charge in [0.05, 0.1) is 22.3 Å². The molecule has 1 atom stereocenters. The van der Waals surface area contributed by atoms with Gasteiger partial charge < -0.3 is 39.1 Å². The Labute approximate surface area is 639 Å². The van der Waals surface area contributed by atoms with Crippen LogP contribution in [0.2, 0.25) is 0 Å². The molecule has 2 aliphatic rings. The first-order chi connectivity index (χ1) is 53.3. The second kappa shape index (κ2) is 32.7. The molecule has 9 aromatic carbocycles.